The lowest BCUT2D eigenvalue weighted by molar-refractivity contribution is 0.0242. The van der Waals surface area contributed by atoms with Crippen molar-refractivity contribution in [2.45, 2.75) is 39.5 Å². The van der Waals surface area contributed by atoms with E-state index in [1.54, 1.807) is 4.90 Å². The number of halogens is 1. The van der Waals surface area contributed by atoms with Crippen LogP contribution in [0.25, 0.3) is 6.08 Å². The number of amides is 1. The van der Waals surface area contributed by atoms with Crippen molar-refractivity contribution >= 4 is 28.1 Å². The number of allylic oxidation sites excluding steroid dienone is 1. The normalized spacial score (nSPS) is 14.7. The first-order valence-corrected chi connectivity index (χ1v) is 7.83. The van der Waals surface area contributed by atoms with Crippen LogP contribution in [0.1, 0.15) is 37.5 Å². The summed E-state index contributed by atoms with van der Waals surface area (Å²) in [7, 11) is 0. The molecule has 2 rings (SSSR count). The van der Waals surface area contributed by atoms with Gasteiger partial charge in [0, 0.05) is 18.4 Å². The predicted molar refractivity (Wildman–Crippen MR) is 84.8 cm³/mol. The molecule has 1 aromatic carbocycles. The van der Waals surface area contributed by atoms with Crippen LogP contribution < -0.4 is 0 Å². The number of alkyl halides is 1. The molecule has 0 aliphatic carbocycles. The number of rotatable bonds is 2. The number of fused-ring (bicyclic) bond motifs is 1. The van der Waals surface area contributed by atoms with E-state index < -0.39 is 5.60 Å². The molecule has 4 heteroatoms. The maximum Gasteiger partial charge on any atom is 0.410 e. The quantitative estimate of drug-likeness (QED) is 0.751. The summed E-state index contributed by atoms with van der Waals surface area (Å²) in [6.45, 7) is 6.92. The van der Waals surface area contributed by atoms with Gasteiger partial charge in [0.25, 0.3) is 0 Å². The van der Waals surface area contributed by atoms with Crippen LogP contribution in [0.3, 0.4) is 0 Å². The van der Waals surface area contributed by atoms with Gasteiger partial charge in [-0.2, -0.15) is 0 Å². The summed E-state index contributed by atoms with van der Waals surface area (Å²) in [6, 6.07) is 6.31. The molecule has 0 atom stereocenters. The second-order valence-electron chi connectivity index (χ2n) is 5.92. The first-order valence-electron chi connectivity index (χ1n) is 6.71. The highest BCUT2D eigenvalue weighted by Gasteiger charge is 2.27. The molecule has 0 unspecified atom stereocenters. The molecule has 0 radical (unpaired) electrons. The van der Waals surface area contributed by atoms with E-state index in [9.17, 15) is 4.79 Å². The van der Waals surface area contributed by atoms with Crippen LogP contribution in [-0.2, 0) is 17.8 Å². The lowest BCUT2D eigenvalue weighted by Crippen LogP contribution is -2.33. The van der Waals surface area contributed by atoms with Crippen LogP contribution in [0.5, 0.6) is 0 Å². The first-order chi connectivity index (χ1) is 9.39. The maximum atomic E-state index is 12.1. The number of carbonyl (C=O) groups is 1. The third-order valence-electron chi connectivity index (χ3n) is 3.00. The Labute approximate surface area is 128 Å². The molecule has 1 aliphatic heterocycles. The number of carbonyl (C=O) groups excluding carboxylic acids is 1. The molecule has 1 aliphatic rings. The van der Waals surface area contributed by atoms with Crippen LogP contribution in [0.15, 0.2) is 24.3 Å². The minimum absolute atomic E-state index is 0.244. The van der Waals surface area contributed by atoms with E-state index in [0.29, 0.717) is 13.1 Å². The van der Waals surface area contributed by atoms with Gasteiger partial charge in [-0.15, -0.1) is 0 Å². The fourth-order valence-electron chi connectivity index (χ4n) is 2.15. The molecule has 3 nitrogen and oxygen atoms in total. The van der Waals surface area contributed by atoms with E-state index in [4.69, 9.17) is 4.74 Å². The predicted octanol–water partition coefficient (Wildman–Crippen LogP) is 4.35. The Balaban J connectivity index is 2.07. The Hall–Kier alpha value is -1.29. The van der Waals surface area contributed by atoms with Gasteiger partial charge in [0.1, 0.15) is 5.60 Å². The van der Waals surface area contributed by atoms with E-state index >= 15 is 0 Å². The minimum Gasteiger partial charge on any atom is -0.444 e. The van der Waals surface area contributed by atoms with Crippen molar-refractivity contribution in [1.82, 2.24) is 4.90 Å². The third-order valence-corrected chi connectivity index (χ3v) is 3.38. The first kappa shape index (κ1) is 15.1. The Morgan fingerprint density at radius 3 is 2.70 bits per heavy atom. The molecule has 1 heterocycles. The van der Waals surface area contributed by atoms with E-state index in [1.807, 2.05) is 20.8 Å². The molecule has 20 heavy (non-hydrogen) atoms. The van der Waals surface area contributed by atoms with Gasteiger partial charge in [0.05, 0.1) is 0 Å². The molecule has 0 spiro atoms. The van der Waals surface area contributed by atoms with Crippen molar-refractivity contribution < 1.29 is 9.53 Å². The van der Waals surface area contributed by atoms with Crippen molar-refractivity contribution in [3.05, 3.63) is 41.0 Å². The van der Waals surface area contributed by atoms with Crippen molar-refractivity contribution in [2.24, 2.45) is 0 Å². The second kappa shape index (κ2) is 6.00. The summed E-state index contributed by atoms with van der Waals surface area (Å²) in [5, 5.41) is 0.841. The maximum absolute atomic E-state index is 12.1. The highest BCUT2D eigenvalue weighted by Crippen LogP contribution is 2.26. The fraction of sp³-hybridized carbons (Fsp3) is 0.438. The lowest BCUT2D eigenvalue weighted by atomic mass is 10.1. The number of hydrogen-bond acceptors (Lipinski definition) is 2. The van der Waals surface area contributed by atoms with Crippen molar-refractivity contribution in [3.63, 3.8) is 0 Å². The van der Waals surface area contributed by atoms with Crippen LogP contribution in [0.4, 0.5) is 4.79 Å². The smallest absolute Gasteiger partial charge is 0.410 e. The van der Waals surface area contributed by atoms with Gasteiger partial charge in [-0.1, -0.05) is 40.2 Å². The standard InChI is InChI=1S/C16H20BrNO2/c1-16(2,3)20-15(19)18-10-13-7-6-12(5-4-8-17)9-14(13)11-18/h4-7,9H,8,10-11H2,1-3H3. The van der Waals surface area contributed by atoms with Crippen molar-refractivity contribution in [1.29, 1.82) is 0 Å². The molecule has 0 fully saturated rings. The summed E-state index contributed by atoms with van der Waals surface area (Å²) in [4.78, 5) is 13.8. The molecule has 108 valence electrons. The molecule has 0 N–H and O–H groups in total. The third kappa shape index (κ3) is 3.85. The number of hydrogen-bond donors (Lipinski definition) is 0. The average molecular weight is 338 g/mol. The Morgan fingerprint density at radius 2 is 2.05 bits per heavy atom. The highest BCUT2D eigenvalue weighted by atomic mass is 79.9. The fourth-order valence-corrected chi connectivity index (χ4v) is 2.34. The SMILES string of the molecule is CC(C)(C)OC(=O)N1Cc2ccc(C=CCBr)cc2C1. The largest absolute Gasteiger partial charge is 0.444 e. The van der Waals surface area contributed by atoms with Gasteiger partial charge in [-0.25, -0.2) is 4.79 Å². The van der Waals surface area contributed by atoms with Gasteiger partial charge in [-0.3, -0.25) is 4.90 Å². The van der Waals surface area contributed by atoms with E-state index in [-0.39, 0.29) is 6.09 Å². The topological polar surface area (TPSA) is 29.5 Å². The van der Waals surface area contributed by atoms with E-state index in [2.05, 4.69) is 46.3 Å². The van der Waals surface area contributed by atoms with Crippen LogP contribution >= 0.6 is 15.9 Å². The van der Waals surface area contributed by atoms with Crippen molar-refractivity contribution in [2.75, 3.05) is 5.33 Å². The zero-order valence-corrected chi connectivity index (χ0v) is 13.7. The number of nitrogens with zero attached hydrogens (tertiary/aromatic N) is 1. The number of benzene rings is 1. The minimum atomic E-state index is -0.449. The van der Waals surface area contributed by atoms with Gasteiger partial charge >= 0.3 is 6.09 Å². The monoisotopic (exact) mass is 337 g/mol. The zero-order valence-electron chi connectivity index (χ0n) is 12.1. The van der Waals surface area contributed by atoms with Gasteiger partial charge < -0.3 is 4.74 Å². The Bertz CT molecular complexity index is 532. The molecular formula is C16H20BrNO2. The average Bonchev–Trinajstić information content (AvgIpc) is 2.77. The molecule has 1 amide bonds. The van der Waals surface area contributed by atoms with Crippen LogP contribution in [0, 0.1) is 0 Å². The van der Waals surface area contributed by atoms with Gasteiger partial charge in [-0.05, 0) is 43.5 Å². The van der Waals surface area contributed by atoms with E-state index in [1.165, 1.54) is 11.1 Å². The van der Waals surface area contributed by atoms with Crippen molar-refractivity contribution in [3.8, 4) is 0 Å². The molecular weight excluding hydrogens is 318 g/mol. The lowest BCUT2D eigenvalue weighted by Gasteiger charge is -2.24. The van der Waals surface area contributed by atoms with Gasteiger partial charge in [0.2, 0.25) is 0 Å². The molecule has 0 aromatic heterocycles. The molecule has 0 saturated heterocycles. The summed E-state index contributed by atoms with van der Waals surface area (Å²) < 4.78 is 5.41. The molecule has 1 aromatic rings. The van der Waals surface area contributed by atoms with Crippen LogP contribution in [-0.4, -0.2) is 21.9 Å². The highest BCUT2D eigenvalue weighted by molar-refractivity contribution is 9.09. The zero-order chi connectivity index (χ0) is 14.8. The summed E-state index contributed by atoms with van der Waals surface area (Å²) in [6.07, 6.45) is 3.89. The number of ether oxygens (including phenoxy) is 1. The summed E-state index contributed by atoms with van der Waals surface area (Å²) in [5.41, 5.74) is 3.11. The summed E-state index contributed by atoms with van der Waals surface area (Å²) in [5.74, 6) is 0. The molecule has 0 saturated carbocycles. The van der Waals surface area contributed by atoms with E-state index in [0.717, 1.165) is 10.9 Å². The van der Waals surface area contributed by atoms with Gasteiger partial charge in [0.15, 0.2) is 0 Å². The Kier molecular flexibility index (Phi) is 4.53. The van der Waals surface area contributed by atoms with Crippen LogP contribution in [0.2, 0.25) is 0 Å². The summed E-state index contributed by atoms with van der Waals surface area (Å²) >= 11 is 3.37. The Morgan fingerprint density at radius 1 is 1.35 bits per heavy atom. The molecule has 0 bridgehead atoms. The second-order valence-corrected chi connectivity index (χ2v) is 6.57.